The summed E-state index contributed by atoms with van der Waals surface area (Å²) in [5.74, 6) is 0. The summed E-state index contributed by atoms with van der Waals surface area (Å²) < 4.78 is 24.7. The van der Waals surface area contributed by atoms with Crippen molar-refractivity contribution >= 4 is 21.6 Å². The van der Waals surface area contributed by atoms with E-state index < -0.39 is 28.7 Å². The maximum absolute atomic E-state index is 12.0. The van der Waals surface area contributed by atoms with Crippen molar-refractivity contribution in [3.05, 3.63) is 27.6 Å². The predicted octanol–water partition coefficient (Wildman–Crippen LogP) is 0.0662. The molecule has 0 aromatic carbocycles. The van der Waals surface area contributed by atoms with Crippen molar-refractivity contribution in [2.75, 3.05) is 13.1 Å². The number of nitrogens with one attached hydrogen (secondary N) is 1. The van der Waals surface area contributed by atoms with Crippen molar-refractivity contribution in [1.29, 1.82) is 10.5 Å². The lowest BCUT2D eigenvalue weighted by Crippen LogP contribution is -2.32. The summed E-state index contributed by atoms with van der Waals surface area (Å²) in [4.78, 5) is 12.9. The monoisotopic (exact) mass is 286 g/mol. The SMILES string of the molecule is N#CCN(CC#N)S(=O)(=O)c1c[nH]c(=O)c(Cl)c1. The van der Waals surface area contributed by atoms with E-state index in [-0.39, 0.29) is 9.92 Å². The molecule has 1 aromatic heterocycles. The molecule has 0 saturated carbocycles. The number of pyridine rings is 1. The van der Waals surface area contributed by atoms with Crippen molar-refractivity contribution in [3.63, 3.8) is 0 Å². The third kappa shape index (κ3) is 2.87. The summed E-state index contributed by atoms with van der Waals surface area (Å²) in [5, 5.41) is 16.8. The first-order chi connectivity index (χ1) is 8.43. The molecule has 0 amide bonds. The summed E-state index contributed by atoms with van der Waals surface area (Å²) in [6.07, 6.45) is 0.964. The van der Waals surface area contributed by atoms with E-state index in [0.29, 0.717) is 4.31 Å². The summed E-state index contributed by atoms with van der Waals surface area (Å²) >= 11 is 5.52. The van der Waals surface area contributed by atoms with Crippen molar-refractivity contribution in [1.82, 2.24) is 9.29 Å². The molecule has 0 fully saturated rings. The lowest BCUT2D eigenvalue weighted by molar-refractivity contribution is 0.479. The fourth-order valence-corrected chi connectivity index (χ4v) is 2.58. The molecular formula is C9H7ClN4O3S. The molecule has 0 spiro atoms. The van der Waals surface area contributed by atoms with Crippen molar-refractivity contribution in [2.24, 2.45) is 0 Å². The Hall–Kier alpha value is -1.87. The molecular weight excluding hydrogens is 280 g/mol. The Bertz CT molecular complexity index is 667. The zero-order valence-electron chi connectivity index (χ0n) is 8.92. The van der Waals surface area contributed by atoms with Gasteiger partial charge in [-0.05, 0) is 6.07 Å². The lowest BCUT2D eigenvalue weighted by atomic mass is 10.5. The first-order valence-corrected chi connectivity index (χ1v) is 6.37. The van der Waals surface area contributed by atoms with Gasteiger partial charge in [0.15, 0.2) is 0 Å². The van der Waals surface area contributed by atoms with Crippen LogP contribution in [-0.2, 0) is 10.0 Å². The number of H-pyrrole nitrogens is 1. The number of aromatic nitrogens is 1. The maximum atomic E-state index is 12.0. The molecule has 0 bridgehead atoms. The third-order valence-electron chi connectivity index (χ3n) is 1.96. The highest BCUT2D eigenvalue weighted by Gasteiger charge is 2.24. The number of hydrogen-bond donors (Lipinski definition) is 1. The molecule has 0 radical (unpaired) electrons. The molecule has 1 aromatic rings. The van der Waals surface area contributed by atoms with Gasteiger partial charge in [0.05, 0.1) is 12.1 Å². The van der Waals surface area contributed by atoms with Gasteiger partial charge in [-0.1, -0.05) is 11.6 Å². The van der Waals surface area contributed by atoms with Gasteiger partial charge >= 0.3 is 0 Å². The molecule has 0 saturated heterocycles. The average molecular weight is 287 g/mol. The number of halogens is 1. The van der Waals surface area contributed by atoms with E-state index in [1.165, 1.54) is 0 Å². The van der Waals surface area contributed by atoms with Crippen LogP contribution in [0.5, 0.6) is 0 Å². The summed E-state index contributed by atoms with van der Waals surface area (Å²) in [5.41, 5.74) is -0.622. The highest BCUT2D eigenvalue weighted by atomic mass is 35.5. The molecule has 1 N–H and O–H groups in total. The second-order valence-corrected chi connectivity index (χ2v) is 5.45. The highest BCUT2D eigenvalue weighted by molar-refractivity contribution is 7.89. The van der Waals surface area contributed by atoms with Crippen LogP contribution in [0.2, 0.25) is 5.02 Å². The van der Waals surface area contributed by atoms with E-state index in [4.69, 9.17) is 22.1 Å². The van der Waals surface area contributed by atoms with E-state index >= 15 is 0 Å². The first kappa shape index (κ1) is 14.2. The van der Waals surface area contributed by atoms with E-state index in [0.717, 1.165) is 12.3 Å². The van der Waals surface area contributed by atoms with E-state index in [1.807, 2.05) is 0 Å². The van der Waals surface area contributed by atoms with Gasteiger partial charge in [-0.15, -0.1) is 0 Å². The Kier molecular flexibility index (Phi) is 4.45. The van der Waals surface area contributed by atoms with Gasteiger partial charge in [0.25, 0.3) is 5.56 Å². The van der Waals surface area contributed by atoms with Crippen LogP contribution in [0.15, 0.2) is 22.0 Å². The van der Waals surface area contributed by atoms with Crippen LogP contribution in [0, 0.1) is 22.7 Å². The van der Waals surface area contributed by atoms with E-state index in [2.05, 4.69) is 4.98 Å². The lowest BCUT2D eigenvalue weighted by Gasteiger charge is -2.15. The zero-order valence-corrected chi connectivity index (χ0v) is 10.5. The summed E-state index contributed by atoms with van der Waals surface area (Å²) in [6, 6.07) is 4.26. The number of hydrogen-bond acceptors (Lipinski definition) is 5. The van der Waals surface area contributed by atoms with Crippen LogP contribution >= 0.6 is 11.6 Å². The number of aromatic amines is 1. The second kappa shape index (κ2) is 5.65. The predicted molar refractivity (Wildman–Crippen MR) is 62.1 cm³/mol. The molecule has 0 aliphatic heterocycles. The maximum Gasteiger partial charge on any atom is 0.266 e. The topological polar surface area (TPSA) is 118 Å². The minimum Gasteiger partial charge on any atom is -0.326 e. The second-order valence-electron chi connectivity index (χ2n) is 3.10. The van der Waals surface area contributed by atoms with E-state index in [1.54, 1.807) is 12.1 Å². The minimum atomic E-state index is -4.03. The Morgan fingerprint density at radius 3 is 2.33 bits per heavy atom. The average Bonchev–Trinajstić information content (AvgIpc) is 2.32. The number of sulfonamides is 1. The van der Waals surface area contributed by atoms with Gasteiger partial charge in [0.1, 0.15) is 23.0 Å². The molecule has 0 unspecified atom stereocenters. The normalized spacial score (nSPS) is 10.9. The standard InChI is InChI=1S/C9H7ClN4O3S/c10-8-5-7(6-13-9(8)15)18(16,17)14(3-1-11)4-2-12/h5-6H,3-4H2,(H,13,15). The molecule has 9 heteroatoms. The molecule has 7 nitrogen and oxygen atoms in total. The molecule has 18 heavy (non-hydrogen) atoms. The smallest absolute Gasteiger partial charge is 0.266 e. The fourth-order valence-electron chi connectivity index (χ4n) is 1.12. The Morgan fingerprint density at radius 1 is 1.33 bits per heavy atom. The van der Waals surface area contributed by atoms with Gasteiger partial charge in [-0.25, -0.2) is 8.42 Å². The first-order valence-electron chi connectivity index (χ1n) is 4.55. The van der Waals surface area contributed by atoms with Crippen LogP contribution in [0.3, 0.4) is 0 Å². The van der Waals surface area contributed by atoms with Crippen LogP contribution < -0.4 is 5.56 Å². The number of nitriles is 2. The van der Waals surface area contributed by atoms with Gasteiger partial charge in [-0.2, -0.15) is 14.8 Å². The van der Waals surface area contributed by atoms with Crippen molar-refractivity contribution in [3.8, 4) is 12.1 Å². The van der Waals surface area contributed by atoms with Crippen molar-refractivity contribution in [2.45, 2.75) is 4.90 Å². The summed E-state index contributed by atoms with van der Waals surface area (Å²) in [6.45, 7) is -0.931. The van der Waals surface area contributed by atoms with Gasteiger partial charge < -0.3 is 4.98 Å². The molecule has 0 aliphatic carbocycles. The Morgan fingerprint density at radius 2 is 1.89 bits per heavy atom. The van der Waals surface area contributed by atoms with Crippen LogP contribution in [0.4, 0.5) is 0 Å². The zero-order chi connectivity index (χ0) is 13.8. The largest absolute Gasteiger partial charge is 0.326 e. The Balaban J connectivity index is 3.27. The highest BCUT2D eigenvalue weighted by Crippen LogP contribution is 2.15. The van der Waals surface area contributed by atoms with Crippen LogP contribution in [-0.4, -0.2) is 30.8 Å². The molecule has 94 valence electrons. The molecule has 0 atom stereocenters. The number of rotatable bonds is 4. The molecule has 0 aliphatic rings. The molecule has 1 heterocycles. The van der Waals surface area contributed by atoms with Crippen LogP contribution in [0.1, 0.15) is 0 Å². The Labute approximate surface area is 108 Å². The quantitative estimate of drug-likeness (QED) is 0.786. The number of nitrogens with zero attached hydrogens (tertiary/aromatic N) is 3. The summed E-state index contributed by atoms with van der Waals surface area (Å²) in [7, 11) is -4.03. The van der Waals surface area contributed by atoms with Crippen LogP contribution in [0.25, 0.3) is 0 Å². The van der Waals surface area contributed by atoms with Gasteiger partial charge in [0.2, 0.25) is 10.0 Å². The van der Waals surface area contributed by atoms with Gasteiger partial charge in [-0.3, -0.25) is 4.79 Å². The molecule has 1 rings (SSSR count). The van der Waals surface area contributed by atoms with Crippen molar-refractivity contribution < 1.29 is 8.42 Å². The van der Waals surface area contributed by atoms with Gasteiger partial charge in [0, 0.05) is 6.20 Å². The third-order valence-corrected chi connectivity index (χ3v) is 4.01. The minimum absolute atomic E-state index is 0.280. The van der Waals surface area contributed by atoms with E-state index in [9.17, 15) is 13.2 Å². The fraction of sp³-hybridized carbons (Fsp3) is 0.222.